The van der Waals surface area contributed by atoms with E-state index in [-0.39, 0.29) is 11.3 Å². The summed E-state index contributed by atoms with van der Waals surface area (Å²) in [6.07, 6.45) is 0. The SMILES string of the molecule is Nc1ccc(N2CCS(=O)CC2)cc1C(=O)O. The number of aromatic carboxylic acids is 1. The van der Waals surface area contributed by atoms with E-state index in [1.54, 1.807) is 18.2 Å². The molecule has 1 saturated heterocycles. The summed E-state index contributed by atoms with van der Waals surface area (Å²) in [4.78, 5) is 13.0. The van der Waals surface area contributed by atoms with Gasteiger partial charge in [0.15, 0.2) is 0 Å². The molecule has 3 N–H and O–H groups in total. The predicted octanol–water partition coefficient (Wildman–Crippen LogP) is 0.536. The molecule has 1 heterocycles. The van der Waals surface area contributed by atoms with Crippen LogP contribution in [0, 0.1) is 0 Å². The van der Waals surface area contributed by atoms with E-state index in [0.717, 1.165) is 5.69 Å². The van der Waals surface area contributed by atoms with Crippen molar-refractivity contribution in [1.29, 1.82) is 0 Å². The van der Waals surface area contributed by atoms with Gasteiger partial charge in [-0.25, -0.2) is 4.79 Å². The summed E-state index contributed by atoms with van der Waals surface area (Å²) < 4.78 is 11.2. The van der Waals surface area contributed by atoms with Crippen molar-refractivity contribution >= 4 is 28.1 Å². The molecule has 17 heavy (non-hydrogen) atoms. The zero-order valence-corrected chi connectivity index (χ0v) is 10.1. The van der Waals surface area contributed by atoms with Crippen LogP contribution in [0.3, 0.4) is 0 Å². The minimum Gasteiger partial charge on any atom is -0.478 e. The fourth-order valence-electron chi connectivity index (χ4n) is 1.82. The third kappa shape index (κ3) is 2.58. The molecular weight excluding hydrogens is 240 g/mol. The minimum absolute atomic E-state index is 0.120. The number of hydrogen-bond acceptors (Lipinski definition) is 4. The van der Waals surface area contributed by atoms with Crippen LogP contribution >= 0.6 is 0 Å². The highest BCUT2D eigenvalue weighted by atomic mass is 32.2. The van der Waals surface area contributed by atoms with Crippen molar-refractivity contribution in [2.45, 2.75) is 0 Å². The number of carbonyl (C=O) groups is 1. The Morgan fingerprint density at radius 3 is 2.59 bits per heavy atom. The number of nitrogens with zero attached hydrogens (tertiary/aromatic N) is 1. The van der Waals surface area contributed by atoms with Gasteiger partial charge in [0.05, 0.1) is 5.56 Å². The fraction of sp³-hybridized carbons (Fsp3) is 0.364. The average Bonchev–Trinajstić information content (AvgIpc) is 2.30. The van der Waals surface area contributed by atoms with Crippen molar-refractivity contribution in [2.75, 3.05) is 35.2 Å². The third-order valence-corrected chi connectivity index (χ3v) is 4.09. The molecule has 92 valence electrons. The van der Waals surface area contributed by atoms with Crippen LogP contribution in [-0.2, 0) is 10.8 Å². The van der Waals surface area contributed by atoms with Crippen molar-refractivity contribution in [3.05, 3.63) is 23.8 Å². The summed E-state index contributed by atoms with van der Waals surface area (Å²) in [6.45, 7) is 1.38. The van der Waals surface area contributed by atoms with Gasteiger partial charge in [-0.15, -0.1) is 0 Å². The minimum atomic E-state index is -1.02. The Bertz CT molecular complexity index is 466. The first kappa shape index (κ1) is 11.9. The summed E-state index contributed by atoms with van der Waals surface area (Å²) in [6, 6.07) is 4.98. The molecule has 1 aliphatic rings. The van der Waals surface area contributed by atoms with Gasteiger partial charge in [-0.1, -0.05) is 0 Å². The first-order valence-electron chi connectivity index (χ1n) is 5.30. The van der Waals surface area contributed by atoms with Gasteiger partial charge in [-0.2, -0.15) is 0 Å². The first-order chi connectivity index (χ1) is 8.08. The second kappa shape index (κ2) is 4.75. The van der Waals surface area contributed by atoms with Gasteiger partial charge in [0.2, 0.25) is 0 Å². The van der Waals surface area contributed by atoms with Crippen LogP contribution in [0.1, 0.15) is 10.4 Å². The Morgan fingerprint density at radius 1 is 1.35 bits per heavy atom. The smallest absolute Gasteiger partial charge is 0.337 e. The van der Waals surface area contributed by atoms with E-state index in [0.29, 0.717) is 24.6 Å². The van der Waals surface area contributed by atoms with Crippen LogP contribution < -0.4 is 10.6 Å². The average molecular weight is 254 g/mol. The van der Waals surface area contributed by atoms with Crippen LogP contribution in [0.4, 0.5) is 11.4 Å². The van der Waals surface area contributed by atoms with Gasteiger partial charge >= 0.3 is 5.97 Å². The van der Waals surface area contributed by atoms with Crippen molar-refractivity contribution in [3.63, 3.8) is 0 Å². The standard InChI is InChI=1S/C11H14N2O3S/c12-10-2-1-8(7-9(10)11(14)15)13-3-5-17(16)6-4-13/h1-2,7H,3-6,12H2,(H,14,15). The monoisotopic (exact) mass is 254 g/mol. The molecular formula is C11H14N2O3S. The van der Waals surface area contributed by atoms with Crippen molar-refractivity contribution in [3.8, 4) is 0 Å². The van der Waals surface area contributed by atoms with Gasteiger partial charge in [0, 0.05) is 46.8 Å². The van der Waals surface area contributed by atoms with E-state index in [9.17, 15) is 9.00 Å². The van der Waals surface area contributed by atoms with Gasteiger partial charge in [0.1, 0.15) is 0 Å². The highest BCUT2D eigenvalue weighted by Crippen LogP contribution is 2.22. The van der Waals surface area contributed by atoms with Crippen LogP contribution in [-0.4, -0.2) is 39.9 Å². The largest absolute Gasteiger partial charge is 0.478 e. The molecule has 1 fully saturated rings. The molecule has 1 aliphatic heterocycles. The number of nitrogens with two attached hydrogens (primary N) is 1. The number of rotatable bonds is 2. The maximum Gasteiger partial charge on any atom is 0.337 e. The van der Waals surface area contributed by atoms with Crippen molar-refractivity contribution in [2.24, 2.45) is 0 Å². The predicted molar refractivity (Wildman–Crippen MR) is 67.9 cm³/mol. The molecule has 0 unspecified atom stereocenters. The normalized spacial score (nSPS) is 17.1. The lowest BCUT2D eigenvalue weighted by Crippen LogP contribution is -2.37. The number of anilines is 2. The zero-order chi connectivity index (χ0) is 12.4. The molecule has 0 amide bonds. The second-order valence-corrected chi connectivity index (χ2v) is 5.61. The van der Waals surface area contributed by atoms with Gasteiger partial charge in [0.25, 0.3) is 0 Å². The Kier molecular flexibility index (Phi) is 3.33. The Labute approximate surface area is 102 Å². The van der Waals surface area contributed by atoms with Gasteiger partial charge in [-0.05, 0) is 18.2 Å². The van der Waals surface area contributed by atoms with Crippen LogP contribution in [0.15, 0.2) is 18.2 Å². The Morgan fingerprint density at radius 2 is 2.00 bits per heavy atom. The van der Waals surface area contributed by atoms with E-state index in [1.807, 2.05) is 4.90 Å². The van der Waals surface area contributed by atoms with Crippen LogP contribution in [0.2, 0.25) is 0 Å². The van der Waals surface area contributed by atoms with Gasteiger partial charge < -0.3 is 15.7 Å². The summed E-state index contributed by atoms with van der Waals surface area (Å²) in [5, 5.41) is 8.98. The summed E-state index contributed by atoms with van der Waals surface area (Å²) in [5.74, 6) is 0.240. The molecule has 5 nitrogen and oxygen atoms in total. The second-order valence-electron chi connectivity index (χ2n) is 3.91. The third-order valence-electron chi connectivity index (χ3n) is 2.81. The molecule has 6 heteroatoms. The maximum absolute atomic E-state index is 11.2. The van der Waals surface area contributed by atoms with E-state index < -0.39 is 16.8 Å². The molecule has 0 aromatic heterocycles. The van der Waals surface area contributed by atoms with Crippen molar-refractivity contribution in [1.82, 2.24) is 0 Å². The van der Waals surface area contributed by atoms with E-state index in [2.05, 4.69) is 0 Å². The lowest BCUT2D eigenvalue weighted by molar-refractivity contribution is 0.0698. The lowest BCUT2D eigenvalue weighted by Gasteiger charge is -2.28. The molecule has 0 bridgehead atoms. The number of benzene rings is 1. The zero-order valence-electron chi connectivity index (χ0n) is 9.26. The number of carboxylic acids is 1. The molecule has 0 saturated carbocycles. The highest BCUT2D eigenvalue weighted by Gasteiger charge is 2.17. The molecule has 2 rings (SSSR count). The van der Waals surface area contributed by atoms with Crippen LogP contribution in [0.5, 0.6) is 0 Å². The van der Waals surface area contributed by atoms with Crippen LogP contribution in [0.25, 0.3) is 0 Å². The molecule has 1 aromatic rings. The number of nitrogen functional groups attached to an aromatic ring is 1. The van der Waals surface area contributed by atoms with E-state index in [4.69, 9.17) is 10.8 Å². The molecule has 1 aromatic carbocycles. The highest BCUT2D eigenvalue weighted by molar-refractivity contribution is 7.85. The topological polar surface area (TPSA) is 83.6 Å². The lowest BCUT2D eigenvalue weighted by atomic mass is 10.1. The Hall–Kier alpha value is -1.56. The maximum atomic E-state index is 11.2. The molecule has 0 atom stereocenters. The summed E-state index contributed by atoms with van der Waals surface area (Å²) in [7, 11) is -0.736. The quantitative estimate of drug-likeness (QED) is 0.752. The first-order valence-corrected chi connectivity index (χ1v) is 6.79. The summed E-state index contributed by atoms with van der Waals surface area (Å²) >= 11 is 0. The van der Waals surface area contributed by atoms with E-state index >= 15 is 0 Å². The van der Waals surface area contributed by atoms with E-state index in [1.165, 1.54) is 0 Å². The number of hydrogen-bond donors (Lipinski definition) is 2. The molecule has 0 spiro atoms. The fourth-order valence-corrected chi connectivity index (χ4v) is 2.87. The molecule has 0 radical (unpaired) electrons. The molecule has 0 aliphatic carbocycles. The van der Waals surface area contributed by atoms with Crippen molar-refractivity contribution < 1.29 is 14.1 Å². The summed E-state index contributed by atoms with van der Waals surface area (Å²) in [5.41, 5.74) is 6.81. The number of carboxylic acid groups (broad SMARTS) is 1. The van der Waals surface area contributed by atoms with Gasteiger partial charge in [-0.3, -0.25) is 4.21 Å². The Balaban J connectivity index is 2.24.